The number of amides is 1. The summed E-state index contributed by atoms with van der Waals surface area (Å²) in [6, 6.07) is 5.97. The second kappa shape index (κ2) is 6.83. The monoisotopic (exact) mass is 312 g/mol. The normalized spacial score (nSPS) is 19.7. The number of halogens is 2. The first-order valence-electron chi connectivity index (χ1n) is 6.97. The lowest BCUT2D eigenvalue weighted by molar-refractivity contribution is -0.123. The lowest BCUT2D eigenvalue weighted by Gasteiger charge is -2.11. The van der Waals surface area contributed by atoms with Gasteiger partial charge in [-0.25, -0.2) is 13.6 Å². The number of rotatable bonds is 5. The van der Waals surface area contributed by atoms with Gasteiger partial charge in [-0.2, -0.15) is 0 Å². The van der Waals surface area contributed by atoms with Gasteiger partial charge in [0.05, 0.1) is 25.3 Å². The van der Waals surface area contributed by atoms with Gasteiger partial charge >= 0.3 is 5.97 Å². The number of esters is 1. The molecule has 1 heterocycles. The average Bonchev–Trinajstić information content (AvgIpc) is 2.87. The predicted molar refractivity (Wildman–Crippen MR) is 75.8 cm³/mol. The number of hydrogen-bond donors (Lipinski definition) is 2. The van der Waals surface area contributed by atoms with Crippen LogP contribution < -0.4 is 10.6 Å². The zero-order valence-electron chi connectivity index (χ0n) is 12.2. The lowest BCUT2D eigenvalue weighted by Crippen LogP contribution is -2.41. The van der Waals surface area contributed by atoms with Crippen molar-refractivity contribution in [3.05, 3.63) is 35.4 Å². The molecule has 5 nitrogen and oxygen atoms in total. The fourth-order valence-corrected chi connectivity index (χ4v) is 2.28. The number of hydrogen-bond acceptors (Lipinski definition) is 4. The quantitative estimate of drug-likeness (QED) is 0.800. The summed E-state index contributed by atoms with van der Waals surface area (Å²) in [6.07, 6.45) is 0.0863. The van der Waals surface area contributed by atoms with Crippen LogP contribution in [0.1, 0.15) is 22.3 Å². The fraction of sp³-hybridized carbons (Fsp3) is 0.467. The number of nitrogens with one attached hydrogen (secondary N) is 2. The van der Waals surface area contributed by atoms with E-state index >= 15 is 0 Å². The highest BCUT2D eigenvalue weighted by Crippen LogP contribution is 2.24. The number of alkyl halides is 2. The van der Waals surface area contributed by atoms with Gasteiger partial charge in [0.1, 0.15) is 0 Å². The lowest BCUT2D eigenvalue weighted by atomic mass is 10.1. The minimum atomic E-state index is -2.81. The van der Waals surface area contributed by atoms with Gasteiger partial charge in [0.15, 0.2) is 0 Å². The van der Waals surface area contributed by atoms with Crippen molar-refractivity contribution < 1.29 is 23.1 Å². The van der Waals surface area contributed by atoms with Crippen LogP contribution in [0.25, 0.3) is 0 Å². The second-order valence-corrected chi connectivity index (χ2v) is 5.22. The van der Waals surface area contributed by atoms with Crippen molar-refractivity contribution in [1.29, 1.82) is 0 Å². The number of ether oxygens (including phenoxy) is 1. The molecule has 22 heavy (non-hydrogen) atoms. The molecule has 0 radical (unpaired) electrons. The second-order valence-electron chi connectivity index (χ2n) is 5.22. The third-order valence-electron chi connectivity index (χ3n) is 3.51. The van der Waals surface area contributed by atoms with Gasteiger partial charge in [-0.3, -0.25) is 10.1 Å². The maximum absolute atomic E-state index is 13.0. The topological polar surface area (TPSA) is 67.4 Å². The number of carbonyl (C=O) groups is 2. The SMILES string of the molecule is COC(=O)c1ccc(CCNC(=O)C2CC(F)(F)CN2)cc1. The van der Waals surface area contributed by atoms with E-state index in [2.05, 4.69) is 15.4 Å². The molecule has 0 bridgehead atoms. The maximum Gasteiger partial charge on any atom is 0.337 e. The molecular weight excluding hydrogens is 294 g/mol. The summed E-state index contributed by atoms with van der Waals surface area (Å²) < 4.78 is 30.6. The highest BCUT2D eigenvalue weighted by Gasteiger charge is 2.42. The average molecular weight is 312 g/mol. The van der Waals surface area contributed by atoms with E-state index in [1.54, 1.807) is 24.3 Å². The van der Waals surface area contributed by atoms with Crippen LogP contribution in [0.5, 0.6) is 0 Å². The first kappa shape index (κ1) is 16.4. The third-order valence-corrected chi connectivity index (χ3v) is 3.51. The number of benzene rings is 1. The van der Waals surface area contributed by atoms with Crippen molar-refractivity contribution >= 4 is 11.9 Å². The fourth-order valence-electron chi connectivity index (χ4n) is 2.28. The first-order chi connectivity index (χ1) is 10.4. The Kier molecular flexibility index (Phi) is 5.07. The Morgan fingerprint density at radius 1 is 1.36 bits per heavy atom. The number of methoxy groups -OCH3 is 1. The van der Waals surface area contributed by atoms with Crippen LogP contribution in [0.4, 0.5) is 8.78 Å². The van der Waals surface area contributed by atoms with Crippen molar-refractivity contribution in [2.24, 2.45) is 0 Å². The molecule has 1 saturated heterocycles. The van der Waals surface area contributed by atoms with Crippen LogP contribution in [0.15, 0.2) is 24.3 Å². The van der Waals surface area contributed by atoms with E-state index in [-0.39, 0.29) is 0 Å². The van der Waals surface area contributed by atoms with Gasteiger partial charge in [0.2, 0.25) is 5.91 Å². The van der Waals surface area contributed by atoms with Gasteiger partial charge in [0.25, 0.3) is 5.92 Å². The molecule has 120 valence electrons. The van der Waals surface area contributed by atoms with Crippen molar-refractivity contribution in [2.75, 3.05) is 20.2 Å². The zero-order chi connectivity index (χ0) is 16.2. The van der Waals surface area contributed by atoms with Crippen molar-refractivity contribution in [3.63, 3.8) is 0 Å². The Bertz CT molecular complexity index is 546. The molecule has 2 N–H and O–H groups in total. The summed E-state index contributed by atoms with van der Waals surface area (Å²) in [6.45, 7) is -0.111. The molecule has 2 rings (SSSR count). The van der Waals surface area contributed by atoms with Gasteiger partial charge < -0.3 is 10.1 Å². The number of carbonyl (C=O) groups excluding carboxylic acids is 2. The molecule has 1 aliphatic heterocycles. The molecule has 1 aromatic rings. The Labute approximate surface area is 127 Å². The standard InChI is InChI=1S/C15H18F2N2O3/c1-22-14(21)11-4-2-10(3-5-11)6-7-18-13(20)12-8-15(16,17)9-19-12/h2-5,12,19H,6-9H2,1H3,(H,18,20). The Morgan fingerprint density at radius 3 is 2.59 bits per heavy atom. The molecule has 1 amide bonds. The predicted octanol–water partition coefficient (Wildman–Crippen LogP) is 1.13. The van der Waals surface area contributed by atoms with Crippen LogP contribution in [-0.2, 0) is 16.0 Å². The molecule has 0 saturated carbocycles. The van der Waals surface area contributed by atoms with Crippen LogP contribution in [0.2, 0.25) is 0 Å². The van der Waals surface area contributed by atoms with E-state index in [0.717, 1.165) is 5.56 Å². The van der Waals surface area contributed by atoms with Crippen molar-refractivity contribution in [1.82, 2.24) is 10.6 Å². The summed E-state index contributed by atoms with van der Waals surface area (Å²) in [4.78, 5) is 23.0. The van der Waals surface area contributed by atoms with Gasteiger partial charge in [0, 0.05) is 13.0 Å². The van der Waals surface area contributed by atoms with Gasteiger partial charge in [-0.05, 0) is 24.1 Å². The largest absolute Gasteiger partial charge is 0.465 e. The third kappa shape index (κ3) is 4.24. The molecule has 0 aromatic heterocycles. The van der Waals surface area contributed by atoms with E-state index in [4.69, 9.17) is 0 Å². The molecule has 1 fully saturated rings. The molecule has 0 spiro atoms. The smallest absolute Gasteiger partial charge is 0.337 e. The van der Waals surface area contributed by atoms with Gasteiger partial charge in [-0.1, -0.05) is 12.1 Å². The van der Waals surface area contributed by atoms with Crippen LogP contribution in [-0.4, -0.2) is 44.0 Å². The molecular formula is C15H18F2N2O3. The van der Waals surface area contributed by atoms with Gasteiger partial charge in [-0.15, -0.1) is 0 Å². The van der Waals surface area contributed by atoms with Crippen molar-refractivity contribution in [2.45, 2.75) is 24.8 Å². The molecule has 7 heteroatoms. The summed E-state index contributed by atoms with van der Waals surface area (Å²) >= 11 is 0. The summed E-state index contributed by atoms with van der Waals surface area (Å²) in [5.74, 6) is -3.64. The highest BCUT2D eigenvalue weighted by atomic mass is 19.3. The minimum absolute atomic E-state index is 0.347. The molecule has 1 atom stereocenters. The Hall–Kier alpha value is -2.02. The van der Waals surface area contributed by atoms with Crippen LogP contribution >= 0.6 is 0 Å². The summed E-state index contributed by atoms with van der Waals surface area (Å²) in [7, 11) is 1.31. The minimum Gasteiger partial charge on any atom is -0.465 e. The Balaban J connectivity index is 1.77. The van der Waals surface area contributed by atoms with E-state index in [1.165, 1.54) is 7.11 Å². The molecule has 1 aromatic carbocycles. The molecule has 1 unspecified atom stereocenters. The highest BCUT2D eigenvalue weighted by molar-refractivity contribution is 5.89. The summed E-state index contributed by atoms with van der Waals surface area (Å²) in [5.41, 5.74) is 1.38. The van der Waals surface area contributed by atoms with Crippen LogP contribution in [0, 0.1) is 0 Å². The van der Waals surface area contributed by atoms with Crippen LogP contribution in [0.3, 0.4) is 0 Å². The first-order valence-corrected chi connectivity index (χ1v) is 6.97. The van der Waals surface area contributed by atoms with E-state index in [9.17, 15) is 18.4 Å². The maximum atomic E-state index is 13.0. The van der Waals surface area contributed by atoms with Crippen molar-refractivity contribution in [3.8, 4) is 0 Å². The molecule has 1 aliphatic rings. The van der Waals surface area contributed by atoms with E-state index in [1.807, 2.05) is 0 Å². The molecule has 0 aliphatic carbocycles. The zero-order valence-corrected chi connectivity index (χ0v) is 12.2. The Morgan fingerprint density at radius 2 is 2.05 bits per heavy atom. The summed E-state index contributed by atoms with van der Waals surface area (Å²) in [5, 5.41) is 5.14. The van der Waals surface area contributed by atoms with E-state index < -0.39 is 36.8 Å². The van der Waals surface area contributed by atoms with E-state index in [0.29, 0.717) is 18.5 Å².